The molecule has 0 saturated carbocycles. The third-order valence-electron chi connectivity index (χ3n) is 4.62. The first kappa shape index (κ1) is 14.3. The zero-order valence-corrected chi connectivity index (χ0v) is 13.1. The molecule has 3 heterocycles. The van der Waals surface area contributed by atoms with Crippen LogP contribution in [0.1, 0.15) is 23.6 Å². The molecule has 0 spiro atoms. The Balaban J connectivity index is 1.65. The number of rotatable bonds is 2. The highest BCUT2D eigenvalue weighted by Crippen LogP contribution is 2.36. The van der Waals surface area contributed by atoms with Crippen LogP contribution in [0.25, 0.3) is 0 Å². The first-order valence-electron chi connectivity index (χ1n) is 8.25. The zero-order chi connectivity index (χ0) is 15.6. The molecule has 6 nitrogen and oxygen atoms in total. The molecular weight excluding hydrogens is 288 g/mol. The number of anilines is 3. The van der Waals surface area contributed by atoms with Crippen molar-refractivity contribution in [1.82, 2.24) is 15.3 Å². The van der Waals surface area contributed by atoms with Gasteiger partial charge in [0, 0.05) is 31.7 Å². The normalized spacial score (nSPS) is 20.7. The highest BCUT2D eigenvalue weighted by Gasteiger charge is 2.26. The molecule has 1 saturated heterocycles. The number of piperazine rings is 1. The second-order valence-electron chi connectivity index (χ2n) is 6.12. The van der Waals surface area contributed by atoms with Crippen LogP contribution in [0.15, 0.2) is 30.3 Å². The van der Waals surface area contributed by atoms with Crippen LogP contribution in [-0.2, 0) is 6.42 Å². The fourth-order valence-electron chi connectivity index (χ4n) is 3.44. The highest BCUT2D eigenvalue weighted by molar-refractivity contribution is 5.64. The van der Waals surface area contributed by atoms with E-state index in [9.17, 15) is 0 Å². The van der Waals surface area contributed by atoms with Crippen molar-refractivity contribution in [1.29, 1.82) is 0 Å². The SMILES string of the molecule is Nc1nc2c(c(N3CCNCC3)n1)CCC(c1ccccc1)N2. The molecule has 120 valence electrons. The van der Waals surface area contributed by atoms with Crippen molar-refractivity contribution in [3.05, 3.63) is 41.5 Å². The Labute approximate surface area is 136 Å². The Morgan fingerprint density at radius 3 is 2.65 bits per heavy atom. The molecule has 1 fully saturated rings. The van der Waals surface area contributed by atoms with Crippen LogP contribution in [-0.4, -0.2) is 36.1 Å². The summed E-state index contributed by atoms with van der Waals surface area (Å²) < 4.78 is 0. The zero-order valence-electron chi connectivity index (χ0n) is 13.1. The molecule has 1 atom stereocenters. The number of fused-ring (bicyclic) bond motifs is 1. The number of aromatic nitrogens is 2. The van der Waals surface area contributed by atoms with Gasteiger partial charge in [0.15, 0.2) is 0 Å². The predicted molar refractivity (Wildman–Crippen MR) is 92.7 cm³/mol. The van der Waals surface area contributed by atoms with E-state index in [0.717, 1.165) is 50.7 Å². The van der Waals surface area contributed by atoms with Gasteiger partial charge in [-0.2, -0.15) is 9.97 Å². The van der Waals surface area contributed by atoms with Crippen molar-refractivity contribution in [3.63, 3.8) is 0 Å². The van der Waals surface area contributed by atoms with E-state index in [1.165, 1.54) is 11.1 Å². The molecule has 1 unspecified atom stereocenters. The third-order valence-corrected chi connectivity index (χ3v) is 4.62. The van der Waals surface area contributed by atoms with E-state index < -0.39 is 0 Å². The maximum atomic E-state index is 5.97. The van der Waals surface area contributed by atoms with E-state index in [1.54, 1.807) is 0 Å². The first-order valence-corrected chi connectivity index (χ1v) is 8.25. The van der Waals surface area contributed by atoms with Crippen LogP contribution in [0.3, 0.4) is 0 Å². The van der Waals surface area contributed by atoms with E-state index in [2.05, 4.69) is 49.8 Å². The number of benzene rings is 1. The van der Waals surface area contributed by atoms with Gasteiger partial charge < -0.3 is 21.3 Å². The summed E-state index contributed by atoms with van der Waals surface area (Å²) >= 11 is 0. The largest absolute Gasteiger partial charge is 0.368 e. The van der Waals surface area contributed by atoms with Crippen molar-refractivity contribution < 1.29 is 0 Å². The molecule has 4 N–H and O–H groups in total. The van der Waals surface area contributed by atoms with Gasteiger partial charge in [-0.15, -0.1) is 0 Å². The lowest BCUT2D eigenvalue weighted by Crippen LogP contribution is -2.44. The summed E-state index contributed by atoms with van der Waals surface area (Å²) in [6.45, 7) is 3.90. The van der Waals surface area contributed by atoms with Gasteiger partial charge in [0.2, 0.25) is 5.95 Å². The molecule has 2 aromatic rings. The summed E-state index contributed by atoms with van der Waals surface area (Å²) in [6, 6.07) is 10.8. The van der Waals surface area contributed by atoms with Crippen LogP contribution in [0.5, 0.6) is 0 Å². The number of nitrogen functional groups attached to an aromatic ring is 1. The van der Waals surface area contributed by atoms with Gasteiger partial charge in [-0.25, -0.2) is 0 Å². The van der Waals surface area contributed by atoms with Gasteiger partial charge in [-0.3, -0.25) is 0 Å². The van der Waals surface area contributed by atoms with Crippen LogP contribution in [0, 0.1) is 0 Å². The summed E-state index contributed by atoms with van der Waals surface area (Å²) in [5, 5.41) is 6.94. The average molecular weight is 310 g/mol. The molecule has 0 radical (unpaired) electrons. The van der Waals surface area contributed by atoms with Gasteiger partial charge in [0.1, 0.15) is 11.6 Å². The monoisotopic (exact) mass is 310 g/mol. The van der Waals surface area contributed by atoms with E-state index in [4.69, 9.17) is 5.73 Å². The van der Waals surface area contributed by atoms with E-state index in [1.807, 2.05) is 6.07 Å². The molecular formula is C17H22N6. The topological polar surface area (TPSA) is 79.1 Å². The summed E-state index contributed by atoms with van der Waals surface area (Å²) in [5.74, 6) is 2.25. The first-order chi connectivity index (χ1) is 11.3. The summed E-state index contributed by atoms with van der Waals surface area (Å²) in [5.41, 5.74) is 8.46. The van der Waals surface area contributed by atoms with Crippen molar-refractivity contribution in [3.8, 4) is 0 Å². The number of hydrogen-bond donors (Lipinski definition) is 3. The maximum absolute atomic E-state index is 5.97. The maximum Gasteiger partial charge on any atom is 0.223 e. The number of nitrogens with zero attached hydrogens (tertiary/aromatic N) is 3. The Bertz CT molecular complexity index is 681. The van der Waals surface area contributed by atoms with Crippen molar-refractivity contribution >= 4 is 17.6 Å². The Hall–Kier alpha value is -2.34. The molecule has 0 amide bonds. The molecule has 4 rings (SSSR count). The smallest absolute Gasteiger partial charge is 0.223 e. The van der Waals surface area contributed by atoms with Gasteiger partial charge in [-0.1, -0.05) is 30.3 Å². The number of nitrogens with one attached hydrogen (secondary N) is 2. The lowest BCUT2D eigenvalue weighted by molar-refractivity contribution is 0.578. The van der Waals surface area contributed by atoms with Crippen molar-refractivity contribution in [2.45, 2.75) is 18.9 Å². The molecule has 1 aromatic heterocycles. The van der Waals surface area contributed by atoms with Crippen molar-refractivity contribution in [2.75, 3.05) is 42.1 Å². The third kappa shape index (κ3) is 2.82. The standard InChI is InChI=1S/C17H22N6/c18-17-21-15-13(16(22-17)23-10-8-19-9-11-23)6-7-14(20-15)12-4-2-1-3-5-12/h1-5,14,19H,6-11H2,(H3,18,20,21,22). The highest BCUT2D eigenvalue weighted by atomic mass is 15.3. The summed E-state index contributed by atoms with van der Waals surface area (Å²) in [4.78, 5) is 11.3. The fraction of sp³-hybridized carbons (Fsp3) is 0.412. The molecule has 2 aliphatic heterocycles. The van der Waals surface area contributed by atoms with Gasteiger partial charge in [0.25, 0.3) is 0 Å². The van der Waals surface area contributed by atoms with Crippen LogP contribution in [0.4, 0.5) is 17.6 Å². The molecule has 0 aliphatic carbocycles. The summed E-state index contributed by atoms with van der Waals surface area (Å²) in [6.07, 6.45) is 2.02. The number of hydrogen-bond acceptors (Lipinski definition) is 6. The lowest BCUT2D eigenvalue weighted by Gasteiger charge is -2.33. The van der Waals surface area contributed by atoms with E-state index in [0.29, 0.717) is 5.95 Å². The minimum atomic E-state index is 0.286. The molecule has 2 aliphatic rings. The molecule has 1 aromatic carbocycles. The average Bonchev–Trinajstić information content (AvgIpc) is 2.62. The van der Waals surface area contributed by atoms with E-state index >= 15 is 0 Å². The van der Waals surface area contributed by atoms with Crippen LogP contribution >= 0.6 is 0 Å². The molecule has 0 bridgehead atoms. The Morgan fingerprint density at radius 2 is 1.87 bits per heavy atom. The number of nitrogens with two attached hydrogens (primary N) is 1. The fourth-order valence-corrected chi connectivity index (χ4v) is 3.44. The Morgan fingerprint density at radius 1 is 1.09 bits per heavy atom. The van der Waals surface area contributed by atoms with E-state index in [-0.39, 0.29) is 6.04 Å². The minimum Gasteiger partial charge on any atom is -0.368 e. The second kappa shape index (κ2) is 6.04. The van der Waals surface area contributed by atoms with Crippen LogP contribution in [0.2, 0.25) is 0 Å². The van der Waals surface area contributed by atoms with Crippen molar-refractivity contribution in [2.24, 2.45) is 0 Å². The quantitative estimate of drug-likeness (QED) is 0.781. The van der Waals surface area contributed by atoms with Gasteiger partial charge in [-0.05, 0) is 18.4 Å². The lowest BCUT2D eigenvalue weighted by atomic mass is 9.95. The summed E-state index contributed by atoms with van der Waals surface area (Å²) in [7, 11) is 0. The van der Waals surface area contributed by atoms with Gasteiger partial charge in [0.05, 0.1) is 6.04 Å². The van der Waals surface area contributed by atoms with Gasteiger partial charge >= 0.3 is 0 Å². The second-order valence-corrected chi connectivity index (χ2v) is 6.12. The molecule has 6 heteroatoms. The van der Waals surface area contributed by atoms with Crippen LogP contribution < -0.4 is 21.3 Å². The minimum absolute atomic E-state index is 0.286. The predicted octanol–water partition coefficient (Wildman–Crippen LogP) is 1.57. The Kier molecular flexibility index (Phi) is 3.75. The molecule has 23 heavy (non-hydrogen) atoms.